The van der Waals surface area contributed by atoms with E-state index in [2.05, 4.69) is 56.3 Å². The van der Waals surface area contributed by atoms with Crippen LogP contribution in [0.1, 0.15) is 41.5 Å². The smallest absolute Gasteiger partial charge is 0.233 e. The van der Waals surface area contributed by atoms with Crippen molar-refractivity contribution < 1.29 is 4.79 Å². The quantitative estimate of drug-likeness (QED) is 0.645. The second kappa shape index (κ2) is 9.21. The molecule has 0 fully saturated rings. The molecule has 0 radical (unpaired) electrons. The maximum atomic E-state index is 12.7. The summed E-state index contributed by atoms with van der Waals surface area (Å²) >= 11 is 1.47. The van der Waals surface area contributed by atoms with E-state index in [4.69, 9.17) is 0 Å². The molecule has 2 rings (SSSR count). The van der Waals surface area contributed by atoms with E-state index in [0.29, 0.717) is 11.7 Å². The second-order valence-corrected chi connectivity index (χ2v) is 8.40. The van der Waals surface area contributed by atoms with Gasteiger partial charge in [-0.1, -0.05) is 55.9 Å². The van der Waals surface area contributed by atoms with Crippen molar-refractivity contribution in [1.82, 2.24) is 19.7 Å². The summed E-state index contributed by atoms with van der Waals surface area (Å²) in [6, 6.07) is 10.5. The van der Waals surface area contributed by atoms with Gasteiger partial charge in [0, 0.05) is 24.2 Å². The molecule has 0 spiro atoms. The van der Waals surface area contributed by atoms with Gasteiger partial charge < -0.3 is 9.47 Å². The summed E-state index contributed by atoms with van der Waals surface area (Å²) in [4.78, 5) is 14.6. The number of carbonyl (C=O) groups excluding carboxylic acids is 1. The molecule has 0 aliphatic carbocycles. The van der Waals surface area contributed by atoms with E-state index in [-0.39, 0.29) is 18.0 Å². The summed E-state index contributed by atoms with van der Waals surface area (Å²) in [7, 11) is 0. The van der Waals surface area contributed by atoms with Gasteiger partial charge in [0.25, 0.3) is 0 Å². The molecule has 0 atom stereocenters. The highest BCUT2D eigenvalue weighted by molar-refractivity contribution is 7.99. The average Bonchev–Trinajstić information content (AvgIpc) is 2.95. The molecular weight excluding hydrogens is 344 g/mol. The number of thioether (sulfide) groups is 1. The van der Waals surface area contributed by atoms with E-state index in [1.54, 1.807) is 0 Å². The summed E-state index contributed by atoms with van der Waals surface area (Å²) in [6.45, 7) is 13.4. The minimum absolute atomic E-state index is 0.139. The second-order valence-electron chi connectivity index (χ2n) is 7.45. The van der Waals surface area contributed by atoms with Crippen LogP contribution in [0.4, 0.5) is 0 Å². The molecule has 142 valence electrons. The number of hydrogen-bond donors (Lipinski definition) is 0. The van der Waals surface area contributed by atoms with Crippen LogP contribution in [-0.4, -0.2) is 43.4 Å². The van der Waals surface area contributed by atoms with Gasteiger partial charge in [-0.05, 0) is 33.6 Å². The molecule has 0 aliphatic heterocycles. The van der Waals surface area contributed by atoms with Gasteiger partial charge in [0.1, 0.15) is 0 Å². The lowest BCUT2D eigenvalue weighted by molar-refractivity contribution is -0.131. The Morgan fingerprint density at radius 2 is 1.65 bits per heavy atom. The van der Waals surface area contributed by atoms with E-state index in [9.17, 15) is 4.79 Å². The van der Waals surface area contributed by atoms with Crippen LogP contribution in [-0.2, 0) is 11.3 Å². The number of hydrogen-bond acceptors (Lipinski definition) is 4. The molecule has 0 unspecified atom stereocenters. The van der Waals surface area contributed by atoms with Gasteiger partial charge in [0.05, 0.1) is 5.75 Å². The SMILES string of the molecule is CC(C)Cn1c(SCC(=O)N(C(C)C)C(C)C)nnc1-c1ccccc1. The lowest BCUT2D eigenvalue weighted by Crippen LogP contribution is -2.43. The van der Waals surface area contributed by atoms with Crippen LogP contribution < -0.4 is 0 Å². The van der Waals surface area contributed by atoms with Gasteiger partial charge in [-0.15, -0.1) is 10.2 Å². The molecule has 1 heterocycles. The molecular formula is C20H30N4OS. The Balaban J connectivity index is 2.21. The number of carbonyl (C=O) groups is 1. The fraction of sp³-hybridized carbons (Fsp3) is 0.550. The average molecular weight is 375 g/mol. The third-order valence-corrected chi connectivity index (χ3v) is 4.97. The zero-order valence-electron chi connectivity index (χ0n) is 16.6. The highest BCUT2D eigenvalue weighted by atomic mass is 32.2. The summed E-state index contributed by atoms with van der Waals surface area (Å²) in [5.74, 6) is 1.84. The van der Waals surface area contributed by atoms with Crippen molar-refractivity contribution in [1.29, 1.82) is 0 Å². The van der Waals surface area contributed by atoms with Crippen LogP contribution in [0.25, 0.3) is 11.4 Å². The first-order chi connectivity index (χ1) is 12.3. The van der Waals surface area contributed by atoms with Crippen LogP contribution in [0.5, 0.6) is 0 Å². The van der Waals surface area contributed by atoms with Crippen molar-refractivity contribution in [2.24, 2.45) is 5.92 Å². The molecule has 26 heavy (non-hydrogen) atoms. The standard InChI is InChI=1S/C20H30N4OS/c1-14(2)12-23-19(17-10-8-7-9-11-17)21-22-20(23)26-13-18(25)24(15(3)4)16(5)6/h7-11,14-16H,12-13H2,1-6H3. The molecule has 2 aromatic rings. The first kappa shape index (κ1) is 20.5. The Morgan fingerprint density at radius 1 is 1.04 bits per heavy atom. The summed E-state index contributed by atoms with van der Waals surface area (Å²) in [6.07, 6.45) is 0. The van der Waals surface area contributed by atoms with Crippen LogP contribution in [0.2, 0.25) is 0 Å². The predicted molar refractivity (Wildman–Crippen MR) is 108 cm³/mol. The summed E-state index contributed by atoms with van der Waals surface area (Å²) in [5.41, 5.74) is 1.05. The van der Waals surface area contributed by atoms with Crippen LogP contribution in [0.15, 0.2) is 35.5 Å². The molecule has 0 saturated carbocycles. The van der Waals surface area contributed by atoms with E-state index in [0.717, 1.165) is 23.1 Å². The van der Waals surface area contributed by atoms with Crippen molar-refractivity contribution in [2.45, 2.75) is 65.3 Å². The van der Waals surface area contributed by atoms with Gasteiger partial charge >= 0.3 is 0 Å². The number of rotatable bonds is 8. The van der Waals surface area contributed by atoms with Crippen molar-refractivity contribution in [3.05, 3.63) is 30.3 Å². The molecule has 5 nitrogen and oxygen atoms in total. The first-order valence-corrected chi connectivity index (χ1v) is 10.2. The van der Waals surface area contributed by atoms with Crippen molar-refractivity contribution in [2.75, 3.05) is 5.75 Å². The maximum absolute atomic E-state index is 12.7. The molecule has 6 heteroatoms. The third-order valence-electron chi connectivity index (χ3n) is 4.02. The summed E-state index contributed by atoms with van der Waals surface area (Å²) < 4.78 is 2.13. The topological polar surface area (TPSA) is 51.0 Å². The number of aromatic nitrogens is 3. The Labute approximate surface area is 161 Å². The summed E-state index contributed by atoms with van der Waals surface area (Å²) in [5, 5.41) is 9.58. The van der Waals surface area contributed by atoms with Crippen molar-refractivity contribution in [3.63, 3.8) is 0 Å². The predicted octanol–water partition coefficient (Wildman–Crippen LogP) is 4.34. The Morgan fingerprint density at radius 3 is 2.19 bits per heavy atom. The molecule has 0 bridgehead atoms. The molecule has 1 aromatic carbocycles. The minimum Gasteiger partial charge on any atom is -0.337 e. The van der Waals surface area contributed by atoms with E-state index >= 15 is 0 Å². The van der Waals surface area contributed by atoms with Gasteiger partial charge in [0.2, 0.25) is 5.91 Å². The van der Waals surface area contributed by atoms with Gasteiger partial charge in [-0.2, -0.15) is 0 Å². The maximum Gasteiger partial charge on any atom is 0.233 e. The molecule has 0 saturated heterocycles. The highest BCUT2D eigenvalue weighted by Gasteiger charge is 2.22. The number of amides is 1. The lowest BCUT2D eigenvalue weighted by atomic mass is 10.2. The third kappa shape index (κ3) is 5.10. The van der Waals surface area contributed by atoms with E-state index in [1.165, 1.54) is 11.8 Å². The molecule has 0 N–H and O–H groups in total. The van der Waals surface area contributed by atoms with E-state index < -0.39 is 0 Å². The lowest BCUT2D eigenvalue weighted by Gasteiger charge is -2.30. The van der Waals surface area contributed by atoms with Crippen LogP contribution in [0.3, 0.4) is 0 Å². The Bertz CT molecular complexity index is 702. The molecule has 1 aromatic heterocycles. The normalized spacial score (nSPS) is 11.6. The highest BCUT2D eigenvalue weighted by Crippen LogP contribution is 2.25. The molecule has 0 aliphatic rings. The van der Waals surface area contributed by atoms with Gasteiger partial charge in [-0.3, -0.25) is 4.79 Å². The van der Waals surface area contributed by atoms with Gasteiger partial charge in [-0.25, -0.2) is 0 Å². The zero-order valence-corrected chi connectivity index (χ0v) is 17.5. The van der Waals surface area contributed by atoms with Crippen LogP contribution in [0, 0.1) is 5.92 Å². The largest absolute Gasteiger partial charge is 0.337 e. The van der Waals surface area contributed by atoms with Crippen LogP contribution >= 0.6 is 11.8 Å². The number of benzene rings is 1. The minimum atomic E-state index is 0.139. The first-order valence-electron chi connectivity index (χ1n) is 9.23. The zero-order chi connectivity index (χ0) is 19.3. The monoisotopic (exact) mass is 374 g/mol. The van der Waals surface area contributed by atoms with E-state index in [1.807, 2.05) is 35.2 Å². The van der Waals surface area contributed by atoms with Gasteiger partial charge in [0.15, 0.2) is 11.0 Å². The van der Waals surface area contributed by atoms with Crippen molar-refractivity contribution >= 4 is 17.7 Å². The number of nitrogens with zero attached hydrogens (tertiary/aromatic N) is 4. The fourth-order valence-corrected chi connectivity index (χ4v) is 3.92. The fourth-order valence-electron chi connectivity index (χ4n) is 3.10. The Hall–Kier alpha value is -1.82. The molecule has 1 amide bonds. The van der Waals surface area contributed by atoms with Crippen molar-refractivity contribution in [3.8, 4) is 11.4 Å². The Kier molecular flexibility index (Phi) is 7.26.